The Kier molecular flexibility index (Phi) is 8.21. The molecule has 0 spiro atoms. The summed E-state index contributed by atoms with van der Waals surface area (Å²) in [4.78, 5) is 0. The molecule has 0 saturated heterocycles. The van der Waals surface area contributed by atoms with Crippen LogP contribution in [0.1, 0.15) is 13.8 Å². The van der Waals surface area contributed by atoms with Gasteiger partial charge in [-0.3, -0.25) is 4.57 Å². The third kappa shape index (κ3) is 8.35. The molecular weight excluding hydrogens is 279 g/mol. The predicted octanol–water partition coefficient (Wildman–Crippen LogP) is 3.71. The van der Waals surface area contributed by atoms with Crippen LogP contribution in [0.15, 0.2) is 0 Å². The lowest BCUT2D eigenvalue weighted by Gasteiger charge is -2.27. The SMILES string of the molecule is CCOP(=O)(CC(CCl)O[Si](C)(C)C)OCC. The Morgan fingerprint density at radius 3 is 1.94 bits per heavy atom. The van der Waals surface area contributed by atoms with Gasteiger partial charge in [-0.25, -0.2) is 0 Å². The monoisotopic (exact) mass is 302 g/mol. The van der Waals surface area contributed by atoms with Gasteiger partial charge in [0.05, 0.1) is 25.5 Å². The van der Waals surface area contributed by atoms with Gasteiger partial charge in [-0.15, -0.1) is 11.6 Å². The third-order valence-electron chi connectivity index (χ3n) is 1.77. The molecule has 0 aliphatic rings. The summed E-state index contributed by atoms with van der Waals surface area (Å²) in [5, 5.41) is 0. The summed E-state index contributed by atoms with van der Waals surface area (Å²) < 4.78 is 28.6. The highest BCUT2D eigenvalue weighted by Gasteiger charge is 2.31. The van der Waals surface area contributed by atoms with Gasteiger partial charge in [0.1, 0.15) is 0 Å². The summed E-state index contributed by atoms with van der Waals surface area (Å²) in [7, 11) is -4.77. The molecule has 0 amide bonds. The van der Waals surface area contributed by atoms with Crippen molar-refractivity contribution in [1.82, 2.24) is 0 Å². The average molecular weight is 303 g/mol. The molecule has 0 aliphatic carbocycles. The molecule has 0 radical (unpaired) electrons. The van der Waals surface area contributed by atoms with Crippen LogP contribution < -0.4 is 0 Å². The highest BCUT2D eigenvalue weighted by molar-refractivity contribution is 7.53. The standard InChI is InChI=1S/C10H24ClO4PSi/c1-6-13-16(12,14-7-2)9-10(8-11)15-17(3,4)5/h10H,6-9H2,1-5H3. The second kappa shape index (κ2) is 7.92. The number of alkyl halides is 1. The molecule has 0 aromatic heterocycles. The summed E-state index contributed by atoms with van der Waals surface area (Å²) in [6, 6.07) is 0. The molecule has 1 unspecified atom stereocenters. The highest BCUT2D eigenvalue weighted by Crippen LogP contribution is 2.49. The zero-order valence-corrected chi connectivity index (χ0v) is 14.0. The molecule has 0 rings (SSSR count). The third-order valence-corrected chi connectivity index (χ3v) is 5.31. The van der Waals surface area contributed by atoms with Gasteiger partial charge in [0.25, 0.3) is 0 Å². The van der Waals surface area contributed by atoms with Crippen molar-refractivity contribution in [3.05, 3.63) is 0 Å². The van der Waals surface area contributed by atoms with Crippen molar-refractivity contribution in [3.8, 4) is 0 Å². The smallest absolute Gasteiger partial charge is 0.333 e. The summed E-state index contributed by atoms with van der Waals surface area (Å²) in [6.07, 6.45) is -0.0464. The van der Waals surface area contributed by atoms with Crippen LogP contribution in [-0.4, -0.2) is 39.7 Å². The van der Waals surface area contributed by atoms with Gasteiger partial charge >= 0.3 is 7.60 Å². The Labute approximate surface area is 111 Å². The largest absolute Gasteiger partial charge is 0.413 e. The van der Waals surface area contributed by atoms with Crippen LogP contribution in [0, 0.1) is 0 Å². The van der Waals surface area contributed by atoms with Crippen molar-refractivity contribution < 1.29 is 18.0 Å². The van der Waals surface area contributed by atoms with E-state index < -0.39 is 15.9 Å². The molecule has 0 heterocycles. The molecule has 0 aliphatic heterocycles. The van der Waals surface area contributed by atoms with Crippen molar-refractivity contribution in [2.75, 3.05) is 25.3 Å². The van der Waals surface area contributed by atoms with Crippen molar-refractivity contribution in [1.29, 1.82) is 0 Å². The van der Waals surface area contributed by atoms with E-state index in [0.29, 0.717) is 19.1 Å². The lowest BCUT2D eigenvalue weighted by atomic mass is 10.5. The molecule has 0 saturated carbocycles. The number of hydrogen-bond acceptors (Lipinski definition) is 4. The topological polar surface area (TPSA) is 44.8 Å². The molecule has 0 N–H and O–H groups in total. The van der Waals surface area contributed by atoms with E-state index in [0.717, 1.165) is 0 Å². The van der Waals surface area contributed by atoms with Crippen LogP contribution in [-0.2, 0) is 18.0 Å². The zero-order chi connectivity index (χ0) is 13.5. The first-order valence-corrected chi connectivity index (χ1v) is 11.5. The Hall–Kier alpha value is 0.617. The van der Waals surface area contributed by atoms with Crippen LogP contribution in [0.5, 0.6) is 0 Å². The van der Waals surface area contributed by atoms with E-state index in [1.165, 1.54) is 0 Å². The molecule has 4 nitrogen and oxygen atoms in total. The van der Waals surface area contributed by atoms with E-state index in [9.17, 15) is 4.57 Å². The lowest BCUT2D eigenvalue weighted by molar-refractivity contribution is 0.191. The van der Waals surface area contributed by atoms with Gasteiger partial charge in [0, 0.05) is 5.88 Å². The molecule has 7 heteroatoms. The molecular formula is C10H24ClO4PSi. The van der Waals surface area contributed by atoms with Gasteiger partial charge in [0.15, 0.2) is 8.32 Å². The first-order chi connectivity index (χ1) is 7.76. The molecule has 1 atom stereocenters. The minimum atomic E-state index is -3.07. The summed E-state index contributed by atoms with van der Waals surface area (Å²) >= 11 is 5.84. The minimum absolute atomic E-state index is 0.225. The fourth-order valence-corrected chi connectivity index (χ4v) is 4.91. The molecule has 0 aromatic rings. The maximum Gasteiger partial charge on any atom is 0.333 e. The highest BCUT2D eigenvalue weighted by atomic mass is 35.5. The molecule has 0 fully saturated rings. The van der Waals surface area contributed by atoms with Gasteiger partial charge < -0.3 is 13.5 Å². The second-order valence-electron chi connectivity index (χ2n) is 4.64. The average Bonchev–Trinajstić information content (AvgIpc) is 2.15. The zero-order valence-electron chi connectivity index (χ0n) is 11.4. The predicted molar refractivity (Wildman–Crippen MR) is 74.7 cm³/mol. The van der Waals surface area contributed by atoms with Gasteiger partial charge in [-0.2, -0.15) is 0 Å². The minimum Gasteiger partial charge on any atom is -0.413 e. The quantitative estimate of drug-likeness (QED) is 0.370. The van der Waals surface area contributed by atoms with Crippen molar-refractivity contribution >= 4 is 27.5 Å². The van der Waals surface area contributed by atoms with E-state index in [4.69, 9.17) is 25.1 Å². The van der Waals surface area contributed by atoms with Crippen LogP contribution >= 0.6 is 19.2 Å². The number of hydrogen-bond donors (Lipinski definition) is 0. The first kappa shape index (κ1) is 17.6. The maximum absolute atomic E-state index is 12.3. The summed E-state index contributed by atoms with van der Waals surface area (Å²) in [5.41, 5.74) is 0. The Morgan fingerprint density at radius 1 is 1.18 bits per heavy atom. The first-order valence-electron chi connectivity index (χ1n) is 5.88. The Balaban J connectivity index is 4.54. The Bertz CT molecular complexity index is 247. The van der Waals surface area contributed by atoms with Gasteiger partial charge in [0.2, 0.25) is 0 Å². The number of rotatable bonds is 9. The van der Waals surface area contributed by atoms with E-state index in [1.807, 2.05) is 0 Å². The van der Waals surface area contributed by atoms with Gasteiger partial charge in [-0.05, 0) is 33.5 Å². The normalized spacial score (nSPS) is 14.9. The summed E-state index contributed by atoms with van der Waals surface area (Å²) in [5.74, 6) is 0.300. The molecule has 104 valence electrons. The van der Waals surface area contributed by atoms with Crippen LogP contribution in [0.25, 0.3) is 0 Å². The molecule has 0 bridgehead atoms. The fraction of sp³-hybridized carbons (Fsp3) is 1.00. The molecule has 17 heavy (non-hydrogen) atoms. The van der Waals surface area contributed by atoms with E-state index in [1.54, 1.807) is 13.8 Å². The maximum atomic E-state index is 12.3. The van der Waals surface area contributed by atoms with Crippen LogP contribution in [0.3, 0.4) is 0 Å². The molecule has 0 aromatic carbocycles. The fourth-order valence-electron chi connectivity index (χ4n) is 1.40. The van der Waals surface area contributed by atoms with E-state index in [-0.39, 0.29) is 12.3 Å². The van der Waals surface area contributed by atoms with Crippen molar-refractivity contribution in [2.24, 2.45) is 0 Å². The van der Waals surface area contributed by atoms with Crippen LogP contribution in [0.4, 0.5) is 0 Å². The van der Waals surface area contributed by atoms with E-state index in [2.05, 4.69) is 19.6 Å². The van der Waals surface area contributed by atoms with Crippen LogP contribution in [0.2, 0.25) is 19.6 Å². The second-order valence-corrected chi connectivity index (χ2v) is 11.5. The van der Waals surface area contributed by atoms with Crippen molar-refractivity contribution in [3.63, 3.8) is 0 Å². The van der Waals surface area contributed by atoms with Crippen molar-refractivity contribution in [2.45, 2.75) is 39.6 Å². The van der Waals surface area contributed by atoms with Gasteiger partial charge in [-0.1, -0.05) is 0 Å². The number of halogens is 1. The Morgan fingerprint density at radius 2 is 1.65 bits per heavy atom. The van der Waals surface area contributed by atoms with E-state index >= 15 is 0 Å². The lowest BCUT2D eigenvalue weighted by Crippen LogP contribution is -2.35. The summed E-state index contributed by atoms with van der Waals surface area (Å²) in [6.45, 7) is 10.5.